The topological polar surface area (TPSA) is 80.9 Å². The van der Waals surface area contributed by atoms with E-state index in [1.807, 2.05) is 44.2 Å². The van der Waals surface area contributed by atoms with Crippen LogP contribution in [0.25, 0.3) is 11.4 Å². The Labute approximate surface area is 143 Å². The Balaban J connectivity index is 0.00000264. The molecular formula is C17H23ClN4O. The number of amides is 1. The maximum Gasteiger partial charge on any atom is 0.244 e. The Kier molecular flexibility index (Phi) is 6.66. The Bertz CT molecular complexity index is 656. The van der Waals surface area contributed by atoms with Crippen molar-refractivity contribution in [3.05, 3.63) is 42.2 Å². The molecule has 2 rings (SSSR count). The van der Waals surface area contributed by atoms with Gasteiger partial charge in [-0.2, -0.15) is 0 Å². The lowest BCUT2D eigenvalue weighted by Crippen LogP contribution is -2.48. The van der Waals surface area contributed by atoms with Gasteiger partial charge in [-0.25, -0.2) is 9.97 Å². The third-order valence-corrected chi connectivity index (χ3v) is 3.48. The Hall–Kier alpha value is -1.98. The predicted molar refractivity (Wildman–Crippen MR) is 95.6 cm³/mol. The number of halogens is 1. The minimum atomic E-state index is -0.854. The predicted octanol–water partition coefficient (Wildman–Crippen LogP) is 3.33. The average Bonchev–Trinajstić information content (AvgIpc) is 2.48. The van der Waals surface area contributed by atoms with E-state index >= 15 is 0 Å². The maximum absolute atomic E-state index is 12.2. The summed E-state index contributed by atoms with van der Waals surface area (Å²) in [7, 11) is 0. The maximum atomic E-state index is 12.2. The second kappa shape index (κ2) is 8.04. The Morgan fingerprint density at radius 3 is 2.48 bits per heavy atom. The smallest absolute Gasteiger partial charge is 0.244 e. The Morgan fingerprint density at radius 2 is 1.91 bits per heavy atom. The molecule has 6 heteroatoms. The van der Waals surface area contributed by atoms with Crippen LogP contribution in [0.15, 0.2) is 36.5 Å². The van der Waals surface area contributed by atoms with Crippen molar-refractivity contribution in [3.8, 4) is 11.4 Å². The minimum absolute atomic E-state index is 0. The van der Waals surface area contributed by atoms with Gasteiger partial charge in [-0.15, -0.1) is 12.4 Å². The second-order valence-corrected chi connectivity index (χ2v) is 5.72. The van der Waals surface area contributed by atoms with Crippen LogP contribution in [-0.4, -0.2) is 21.4 Å². The van der Waals surface area contributed by atoms with Gasteiger partial charge in [0, 0.05) is 23.1 Å². The van der Waals surface area contributed by atoms with E-state index in [1.165, 1.54) is 0 Å². The SMILES string of the molecule is CCCC(C)(N)C(=O)Nc1ccc(-c2nccc(C)n2)cc1.Cl. The summed E-state index contributed by atoms with van der Waals surface area (Å²) in [6.07, 6.45) is 3.25. The summed E-state index contributed by atoms with van der Waals surface area (Å²) in [6.45, 7) is 5.69. The lowest BCUT2D eigenvalue weighted by Gasteiger charge is -2.22. The monoisotopic (exact) mass is 334 g/mol. The Morgan fingerprint density at radius 1 is 1.26 bits per heavy atom. The van der Waals surface area contributed by atoms with E-state index in [9.17, 15) is 4.79 Å². The molecule has 1 aromatic heterocycles. The fraction of sp³-hybridized carbons (Fsp3) is 0.353. The first-order valence-electron chi connectivity index (χ1n) is 7.43. The van der Waals surface area contributed by atoms with Gasteiger partial charge in [0.2, 0.25) is 5.91 Å². The highest BCUT2D eigenvalue weighted by molar-refractivity contribution is 5.97. The molecule has 0 spiro atoms. The molecule has 0 aliphatic carbocycles. The van der Waals surface area contributed by atoms with Crippen molar-refractivity contribution in [3.63, 3.8) is 0 Å². The summed E-state index contributed by atoms with van der Waals surface area (Å²) in [5, 5.41) is 2.85. The number of hydrogen-bond donors (Lipinski definition) is 2. The molecule has 1 atom stereocenters. The summed E-state index contributed by atoms with van der Waals surface area (Å²) >= 11 is 0. The van der Waals surface area contributed by atoms with Crippen molar-refractivity contribution in [2.75, 3.05) is 5.32 Å². The van der Waals surface area contributed by atoms with Gasteiger partial charge in [0.05, 0.1) is 5.54 Å². The molecule has 124 valence electrons. The van der Waals surface area contributed by atoms with Crippen LogP contribution in [0.5, 0.6) is 0 Å². The molecule has 1 heterocycles. The fourth-order valence-corrected chi connectivity index (χ4v) is 2.20. The zero-order valence-corrected chi connectivity index (χ0v) is 14.5. The van der Waals surface area contributed by atoms with E-state index in [-0.39, 0.29) is 18.3 Å². The van der Waals surface area contributed by atoms with Crippen molar-refractivity contribution < 1.29 is 4.79 Å². The lowest BCUT2D eigenvalue weighted by molar-refractivity contribution is -0.120. The van der Waals surface area contributed by atoms with Crippen molar-refractivity contribution in [1.82, 2.24) is 9.97 Å². The van der Waals surface area contributed by atoms with Crippen LogP contribution in [0.2, 0.25) is 0 Å². The largest absolute Gasteiger partial charge is 0.325 e. The lowest BCUT2D eigenvalue weighted by atomic mass is 9.96. The number of carbonyl (C=O) groups is 1. The molecule has 2 aromatic rings. The number of hydrogen-bond acceptors (Lipinski definition) is 4. The molecule has 0 aliphatic rings. The van der Waals surface area contributed by atoms with Gasteiger partial charge in [-0.05, 0) is 50.6 Å². The number of aromatic nitrogens is 2. The van der Waals surface area contributed by atoms with Gasteiger partial charge in [0.15, 0.2) is 5.82 Å². The van der Waals surface area contributed by atoms with Crippen LogP contribution >= 0.6 is 12.4 Å². The number of benzene rings is 1. The summed E-state index contributed by atoms with van der Waals surface area (Å²) in [5.41, 5.74) is 7.71. The highest BCUT2D eigenvalue weighted by atomic mass is 35.5. The van der Waals surface area contributed by atoms with E-state index in [0.29, 0.717) is 17.9 Å². The standard InChI is InChI=1S/C17H22N4O.ClH/c1-4-10-17(3,18)16(22)21-14-7-5-13(6-8-14)15-19-11-9-12(2)20-15;/h5-9,11H,4,10,18H2,1-3H3,(H,21,22);1H. The summed E-state index contributed by atoms with van der Waals surface area (Å²) < 4.78 is 0. The molecular weight excluding hydrogens is 312 g/mol. The third-order valence-electron chi connectivity index (χ3n) is 3.48. The van der Waals surface area contributed by atoms with E-state index in [4.69, 9.17) is 5.73 Å². The number of anilines is 1. The number of aryl methyl sites for hydroxylation is 1. The second-order valence-electron chi connectivity index (χ2n) is 5.72. The van der Waals surface area contributed by atoms with Gasteiger partial charge < -0.3 is 11.1 Å². The molecule has 0 saturated heterocycles. The van der Waals surface area contributed by atoms with Gasteiger partial charge in [0.1, 0.15) is 0 Å². The summed E-state index contributed by atoms with van der Waals surface area (Å²) in [5.74, 6) is 0.501. The van der Waals surface area contributed by atoms with E-state index in [1.54, 1.807) is 13.1 Å². The number of nitrogens with two attached hydrogens (primary N) is 1. The molecule has 1 aromatic carbocycles. The van der Waals surface area contributed by atoms with Crippen LogP contribution in [-0.2, 0) is 4.79 Å². The first-order valence-corrected chi connectivity index (χ1v) is 7.43. The van der Waals surface area contributed by atoms with Gasteiger partial charge in [0.25, 0.3) is 0 Å². The van der Waals surface area contributed by atoms with Crippen molar-refractivity contribution in [2.24, 2.45) is 5.73 Å². The van der Waals surface area contributed by atoms with Gasteiger partial charge in [-0.3, -0.25) is 4.79 Å². The van der Waals surface area contributed by atoms with Crippen LogP contribution in [0.1, 0.15) is 32.4 Å². The quantitative estimate of drug-likeness (QED) is 0.878. The molecule has 23 heavy (non-hydrogen) atoms. The minimum Gasteiger partial charge on any atom is -0.325 e. The molecule has 0 bridgehead atoms. The van der Waals surface area contributed by atoms with Crippen LogP contribution in [0, 0.1) is 6.92 Å². The highest BCUT2D eigenvalue weighted by Crippen LogP contribution is 2.19. The van der Waals surface area contributed by atoms with Crippen LogP contribution < -0.4 is 11.1 Å². The molecule has 0 fully saturated rings. The molecule has 1 unspecified atom stereocenters. The summed E-state index contributed by atoms with van der Waals surface area (Å²) in [6, 6.07) is 9.30. The van der Waals surface area contributed by atoms with E-state index in [0.717, 1.165) is 17.7 Å². The number of nitrogens with one attached hydrogen (secondary N) is 1. The normalized spacial score (nSPS) is 12.9. The van der Waals surface area contributed by atoms with Crippen LogP contribution in [0.4, 0.5) is 5.69 Å². The average molecular weight is 335 g/mol. The number of carbonyl (C=O) groups excluding carboxylic acids is 1. The van der Waals surface area contributed by atoms with Crippen LogP contribution in [0.3, 0.4) is 0 Å². The third kappa shape index (κ3) is 5.01. The summed E-state index contributed by atoms with van der Waals surface area (Å²) in [4.78, 5) is 20.8. The molecule has 3 N–H and O–H groups in total. The van der Waals surface area contributed by atoms with Gasteiger partial charge in [-0.1, -0.05) is 13.3 Å². The fourth-order valence-electron chi connectivity index (χ4n) is 2.20. The van der Waals surface area contributed by atoms with Crippen molar-refractivity contribution in [2.45, 2.75) is 39.2 Å². The highest BCUT2D eigenvalue weighted by Gasteiger charge is 2.27. The van der Waals surface area contributed by atoms with E-state index in [2.05, 4.69) is 15.3 Å². The van der Waals surface area contributed by atoms with Crippen molar-refractivity contribution >= 4 is 24.0 Å². The molecule has 1 amide bonds. The molecule has 0 saturated carbocycles. The molecule has 5 nitrogen and oxygen atoms in total. The number of nitrogens with zero attached hydrogens (tertiary/aromatic N) is 2. The van der Waals surface area contributed by atoms with Crippen molar-refractivity contribution in [1.29, 1.82) is 0 Å². The van der Waals surface area contributed by atoms with Gasteiger partial charge >= 0.3 is 0 Å². The zero-order chi connectivity index (χ0) is 16.2. The first kappa shape index (κ1) is 19.1. The number of rotatable bonds is 5. The molecule has 0 radical (unpaired) electrons. The van der Waals surface area contributed by atoms with E-state index < -0.39 is 5.54 Å². The zero-order valence-electron chi connectivity index (χ0n) is 13.7. The molecule has 0 aliphatic heterocycles. The first-order chi connectivity index (χ1) is 10.4.